The number of alkyl halides is 3. The molecule has 0 aliphatic carbocycles. The molecule has 0 bridgehead atoms. The number of carbonyl (C=O) groups is 1. The van der Waals surface area contributed by atoms with Crippen LogP contribution in [0, 0.1) is 5.82 Å². The summed E-state index contributed by atoms with van der Waals surface area (Å²) in [6.07, 6.45) is -0.292. The van der Waals surface area contributed by atoms with Crippen molar-refractivity contribution in [2.24, 2.45) is 0 Å². The summed E-state index contributed by atoms with van der Waals surface area (Å²) in [6.45, 7) is -1.33. The van der Waals surface area contributed by atoms with Crippen LogP contribution >= 0.6 is 11.6 Å². The third-order valence-corrected chi connectivity index (χ3v) is 2.52. The van der Waals surface area contributed by atoms with Crippen LogP contribution in [0.1, 0.15) is 18.1 Å². The number of benzene rings is 1. The van der Waals surface area contributed by atoms with Gasteiger partial charge in [-0.15, -0.1) is 11.6 Å². The first kappa shape index (κ1) is 15.6. The molecule has 1 rings (SSSR count). The minimum Gasteiger partial charge on any atom is -0.466 e. The molecule has 0 radical (unpaired) electrons. The van der Waals surface area contributed by atoms with E-state index in [1.54, 1.807) is 6.92 Å². The molecule has 0 saturated carbocycles. The summed E-state index contributed by atoms with van der Waals surface area (Å²) in [7, 11) is 0. The Balaban J connectivity index is 3.06. The molecule has 0 fully saturated rings. The van der Waals surface area contributed by atoms with Crippen LogP contribution in [-0.2, 0) is 21.8 Å². The summed E-state index contributed by atoms with van der Waals surface area (Å²) < 4.78 is 46.7. The highest BCUT2D eigenvalue weighted by atomic mass is 35.5. The lowest BCUT2D eigenvalue weighted by Crippen LogP contribution is -2.11. The Morgan fingerprint density at radius 3 is 2.58 bits per heavy atom. The third kappa shape index (κ3) is 4.63. The summed E-state index contributed by atoms with van der Waals surface area (Å²) in [5, 5.41) is 0. The lowest BCUT2D eigenvalue weighted by atomic mass is 10.1. The molecule has 1 aromatic carbocycles. The Kier molecular flexibility index (Phi) is 5.95. The quantitative estimate of drug-likeness (QED) is 0.597. The van der Waals surface area contributed by atoms with Crippen molar-refractivity contribution >= 4 is 17.6 Å². The predicted molar refractivity (Wildman–Crippen MR) is 62.9 cm³/mol. The summed E-state index contributed by atoms with van der Waals surface area (Å²) in [4.78, 5) is 11.3. The summed E-state index contributed by atoms with van der Waals surface area (Å²) in [6, 6.07) is 2.01. The second-order valence-electron chi connectivity index (χ2n) is 3.55. The van der Waals surface area contributed by atoms with Crippen LogP contribution in [0.15, 0.2) is 12.1 Å². The zero-order valence-electron chi connectivity index (χ0n) is 10.1. The van der Waals surface area contributed by atoms with Crippen molar-refractivity contribution in [1.82, 2.24) is 0 Å². The zero-order valence-corrected chi connectivity index (χ0v) is 10.8. The van der Waals surface area contributed by atoms with Gasteiger partial charge >= 0.3 is 12.6 Å². The average molecular weight is 297 g/mol. The molecule has 0 aliphatic rings. The van der Waals surface area contributed by atoms with Gasteiger partial charge in [0.15, 0.2) is 0 Å². The number of carbonyl (C=O) groups excluding carboxylic acids is 1. The van der Waals surface area contributed by atoms with Crippen LogP contribution in [-0.4, -0.2) is 19.2 Å². The van der Waals surface area contributed by atoms with E-state index in [2.05, 4.69) is 4.74 Å². The normalized spacial score (nSPS) is 10.6. The van der Waals surface area contributed by atoms with Gasteiger partial charge < -0.3 is 9.47 Å². The minimum atomic E-state index is -3.11. The standard InChI is InChI=1S/C12H12ClF3O3/c1-2-18-11(17)4-7-3-8(6-13)9(14)5-10(7)19-12(15)16/h3,5,12H,2,4,6H2,1H3. The molecular formula is C12H12ClF3O3. The number of hydrogen-bond acceptors (Lipinski definition) is 3. The van der Waals surface area contributed by atoms with Crippen LogP contribution in [0.25, 0.3) is 0 Å². The highest BCUT2D eigenvalue weighted by Crippen LogP contribution is 2.26. The Morgan fingerprint density at radius 1 is 1.37 bits per heavy atom. The van der Waals surface area contributed by atoms with E-state index in [-0.39, 0.29) is 30.0 Å². The largest absolute Gasteiger partial charge is 0.466 e. The molecule has 106 valence electrons. The maximum Gasteiger partial charge on any atom is 0.387 e. The predicted octanol–water partition coefficient (Wildman–Crippen LogP) is 3.27. The highest BCUT2D eigenvalue weighted by molar-refractivity contribution is 6.17. The van der Waals surface area contributed by atoms with Crippen LogP contribution in [0.5, 0.6) is 5.75 Å². The van der Waals surface area contributed by atoms with E-state index in [0.29, 0.717) is 0 Å². The lowest BCUT2D eigenvalue weighted by Gasteiger charge is -2.12. The van der Waals surface area contributed by atoms with Crippen LogP contribution in [0.2, 0.25) is 0 Å². The Labute approximate surface area is 113 Å². The van der Waals surface area contributed by atoms with Gasteiger partial charge in [-0.05, 0) is 13.0 Å². The molecule has 0 atom stereocenters. The van der Waals surface area contributed by atoms with Crippen molar-refractivity contribution in [3.63, 3.8) is 0 Å². The van der Waals surface area contributed by atoms with Gasteiger partial charge in [0.05, 0.1) is 18.9 Å². The smallest absolute Gasteiger partial charge is 0.387 e. The van der Waals surface area contributed by atoms with Gasteiger partial charge in [-0.2, -0.15) is 8.78 Å². The van der Waals surface area contributed by atoms with Gasteiger partial charge in [-0.25, -0.2) is 4.39 Å². The van der Waals surface area contributed by atoms with Gasteiger partial charge in [-0.1, -0.05) is 0 Å². The van der Waals surface area contributed by atoms with E-state index in [0.717, 1.165) is 6.07 Å². The second-order valence-corrected chi connectivity index (χ2v) is 3.81. The van der Waals surface area contributed by atoms with Crippen molar-refractivity contribution in [2.75, 3.05) is 6.61 Å². The van der Waals surface area contributed by atoms with Crippen LogP contribution in [0.3, 0.4) is 0 Å². The topological polar surface area (TPSA) is 35.5 Å². The first-order chi connectivity index (χ1) is 8.97. The fourth-order valence-corrected chi connectivity index (χ4v) is 1.67. The Hall–Kier alpha value is -1.43. The molecule has 0 saturated heterocycles. The first-order valence-corrected chi connectivity index (χ1v) is 5.99. The number of rotatable bonds is 6. The summed E-state index contributed by atoms with van der Waals surface area (Å²) in [5.41, 5.74) is 0.207. The van der Waals surface area contributed by atoms with Crippen LogP contribution in [0.4, 0.5) is 13.2 Å². The van der Waals surface area contributed by atoms with E-state index in [1.807, 2.05) is 0 Å². The van der Waals surface area contributed by atoms with E-state index < -0.39 is 24.1 Å². The molecule has 1 aromatic rings. The van der Waals surface area contributed by atoms with E-state index in [4.69, 9.17) is 16.3 Å². The van der Waals surface area contributed by atoms with Crippen molar-refractivity contribution in [3.8, 4) is 5.75 Å². The maximum absolute atomic E-state index is 13.4. The van der Waals surface area contributed by atoms with Gasteiger partial charge in [-0.3, -0.25) is 4.79 Å². The lowest BCUT2D eigenvalue weighted by molar-refractivity contribution is -0.142. The first-order valence-electron chi connectivity index (χ1n) is 5.45. The van der Waals surface area contributed by atoms with Gasteiger partial charge in [0.1, 0.15) is 11.6 Å². The fourth-order valence-electron chi connectivity index (χ4n) is 1.46. The number of hydrogen-bond donors (Lipinski definition) is 0. The van der Waals surface area contributed by atoms with E-state index >= 15 is 0 Å². The molecule has 0 amide bonds. The van der Waals surface area contributed by atoms with E-state index in [1.165, 1.54) is 6.07 Å². The molecule has 0 unspecified atom stereocenters. The van der Waals surface area contributed by atoms with E-state index in [9.17, 15) is 18.0 Å². The SMILES string of the molecule is CCOC(=O)Cc1cc(CCl)c(F)cc1OC(F)F. The molecule has 0 aromatic heterocycles. The second kappa shape index (κ2) is 7.23. The Bertz CT molecular complexity index is 452. The summed E-state index contributed by atoms with van der Waals surface area (Å²) >= 11 is 5.51. The monoisotopic (exact) mass is 296 g/mol. The number of ether oxygens (including phenoxy) is 2. The van der Waals surface area contributed by atoms with Gasteiger partial charge in [0, 0.05) is 17.2 Å². The molecule has 0 spiro atoms. The minimum absolute atomic E-state index is 0.0996. The molecule has 0 N–H and O–H groups in total. The fraction of sp³-hybridized carbons (Fsp3) is 0.417. The van der Waals surface area contributed by atoms with Crippen molar-refractivity contribution < 1.29 is 27.4 Å². The third-order valence-electron chi connectivity index (χ3n) is 2.23. The summed E-state index contributed by atoms with van der Waals surface area (Å²) in [5.74, 6) is -1.92. The maximum atomic E-state index is 13.4. The van der Waals surface area contributed by atoms with Crippen molar-refractivity contribution in [3.05, 3.63) is 29.1 Å². The van der Waals surface area contributed by atoms with Crippen LogP contribution < -0.4 is 4.74 Å². The Morgan fingerprint density at radius 2 is 2.05 bits per heavy atom. The zero-order chi connectivity index (χ0) is 14.4. The molecule has 3 nitrogen and oxygen atoms in total. The van der Waals surface area contributed by atoms with Gasteiger partial charge in [0.2, 0.25) is 0 Å². The van der Waals surface area contributed by atoms with Crippen molar-refractivity contribution in [1.29, 1.82) is 0 Å². The molecule has 7 heteroatoms. The highest BCUT2D eigenvalue weighted by Gasteiger charge is 2.17. The number of halogens is 4. The molecular weight excluding hydrogens is 285 g/mol. The average Bonchev–Trinajstić information content (AvgIpc) is 2.32. The van der Waals surface area contributed by atoms with Gasteiger partial charge in [0.25, 0.3) is 0 Å². The molecule has 19 heavy (non-hydrogen) atoms. The van der Waals surface area contributed by atoms with Crippen molar-refractivity contribution in [2.45, 2.75) is 25.8 Å². The molecule has 0 heterocycles. The number of esters is 1. The molecule has 0 aliphatic heterocycles.